The van der Waals surface area contributed by atoms with Crippen LogP contribution in [0.25, 0.3) is 10.2 Å². The zero-order valence-electron chi connectivity index (χ0n) is 12.7. The van der Waals surface area contributed by atoms with Gasteiger partial charge in [-0.15, -0.1) is 11.3 Å². The number of rotatable bonds is 3. The van der Waals surface area contributed by atoms with Crippen molar-refractivity contribution in [3.8, 4) is 11.5 Å². The first-order valence-corrected chi connectivity index (χ1v) is 8.48. The van der Waals surface area contributed by atoms with Crippen molar-refractivity contribution in [3.05, 3.63) is 50.3 Å². The second kappa shape index (κ2) is 5.92. The molecule has 2 aromatic heterocycles. The van der Waals surface area contributed by atoms with E-state index in [4.69, 9.17) is 21.1 Å². The third kappa shape index (κ3) is 2.55. The fourth-order valence-electron chi connectivity index (χ4n) is 2.41. The maximum Gasteiger partial charge on any atom is 0.282 e. The van der Waals surface area contributed by atoms with Crippen LogP contribution in [0.15, 0.2) is 34.4 Å². The summed E-state index contributed by atoms with van der Waals surface area (Å²) in [6, 6.07) is 5.34. The molecule has 8 heteroatoms. The SMILES string of the molecule is CCc1cc2c(=O)n(/N=C\c3cc(Cl)c4c(c3)OCO4)cnc2s1. The van der Waals surface area contributed by atoms with Gasteiger partial charge in [-0.2, -0.15) is 9.78 Å². The molecule has 3 heterocycles. The van der Waals surface area contributed by atoms with Gasteiger partial charge in [0.2, 0.25) is 6.79 Å². The van der Waals surface area contributed by atoms with E-state index in [9.17, 15) is 4.79 Å². The molecule has 6 nitrogen and oxygen atoms in total. The minimum Gasteiger partial charge on any atom is -0.454 e. The van der Waals surface area contributed by atoms with Gasteiger partial charge in [-0.05, 0) is 30.2 Å². The molecule has 0 bridgehead atoms. The summed E-state index contributed by atoms with van der Waals surface area (Å²) < 4.78 is 11.8. The molecule has 24 heavy (non-hydrogen) atoms. The Bertz CT molecular complexity index is 1030. The van der Waals surface area contributed by atoms with E-state index in [0.29, 0.717) is 27.5 Å². The molecule has 1 aliphatic heterocycles. The molecule has 0 saturated heterocycles. The maximum atomic E-state index is 12.5. The van der Waals surface area contributed by atoms with Crippen LogP contribution in [-0.2, 0) is 6.42 Å². The van der Waals surface area contributed by atoms with Crippen molar-refractivity contribution in [1.29, 1.82) is 0 Å². The predicted molar refractivity (Wildman–Crippen MR) is 93.8 cm³/mol. The lowest BCUT2D eigenvalue weighted by Crippen LogP contribution is -2.16. The molecule has 0 amide bonds. The monoisotopic (exact) mass is 361 g/mol. The highest BCUT2D eigenvalue weighted by Gasteiger charge is 2.17. The van der Waals surface area contributed by atoms with Crippen LogP contribution < -0.4 is 15.0 Å². The van der Waals surface area contributed by atoms with Gasteiger partial charge in [-0.1, -0.05) is 18.5 Å². The number of hydrogen-bond acceptors (Lipinski definition) is 6. The standard InChI is InChI=1S/C16H12ClN3O3S/c1-2-10-5-11-15(24-10)18-7-20(16(11)21)19-6-9-3-12(17)14-13(4-9)22-8-23-14/h3-7H,2,8H2,1H3/b19-6-. The van der Waals surface area contributed by atoms with Gasteiger partial charge in [0.05, 0.1) is 16.6 Å². The molecular weight excluding hydrogens is 350 g/mol. The number of benzene rings is 1. The Hall–Kier alpha value is -2.38. The summed E-state index contributed by atoms with van der Waals surface area (Å²) in [5, 5.41) is 5.22. The van der Waals surface area contributed by atoms with Gasteiger partial charge in [0.1, 0.15) is 11.2 Å². The van der Waals surface area contributed by atoms with Crippen LogP contribution in [-0.4, -0.2) is 22.7 Å². The van der Waals surface area contributed by atoms with E-state index in [-0.39, 0.29) is 12.4 Å². The Kier molecular flexibility index (Phi) is 3.74. The van der Waals surface area contributed by atoms with Gasteiger partial charge >= 0.3 is 0 Å². The summed E-state index contributed by atoms with van der Waals surface area (Å²) in [5.41, 5.74) is 0.509. The first-order chi connectivity index (χ1) is 11.7. The summed E-state index contributed by atoms with van der Waals surface area (Å²) in [6.07, 6.45) is 3.83. The Morgan fingerprint density at radius 2 is 2.29 bits per heavy atom. The number of aromatic nitrogens is 2. The lowest BCUT2D eigenvalue weighted by atomic mass is 10.2. The minimum absolute atomic E-state index is 0.146. The van der Waals surface area contributed by atoms with Crippen molar-refractivity contribution in [2.24, 2.45) is 5.10 Å². The van der Waals surface area contributed by atoms with E-state index in [1.54, 1.807) is 12.1 Å². The van der Waals surface area contributed by atoms with Crippen LogP contribution in [0.3, 0.4) is 0 Å². The Balaban J connectivity index is 1.71. The number of nitrogens with zero attached hydrogens (tertiary/aromatic N) is 3. The topological polar surface area (TPSA) is 65.7 Å². The summed E-state index contributed by atoms with van der Waals surface area (Å²) in [7, 11) is 0. The average Bonchev–Trinajstić information content (AvgIpc) is 3.21. The zero-order chi connectivity index (χ0) is 16.7. The number of hydrogen-bond donors (Lipinski definition) is 0. The molecular formula is C16H12ClN3O3S. The first kappa shape index (κ1) is 15.2. The highest BCUT2D eigenvalue weighted by Crippen LogP contribution is 2.39. The van der Waals surface area contributed by atoms with E-state index in [2.05, 4.69) is 10.1 Å². The molecule has 0 aliphatic carbocycles. The Labute approximate surface area is 145 Å². The normalized spacial score (nSPS) is 13.2. The summed E-state index contributed by atoms with van der Waals surface area (Å²) in [5.74, 6) is 1.09. The number of ether oxygens (including phenoxy) is 2. The molecule has 122 valence electrons. The van der Waals surface area contributed by atoms with Crippen molar-refractivity contribution < 1.29 is 9.47 Å². The third-order valence-electron chi connectivity index (χ3n) is 3.62. The van der Waals surface area contributed by atoms with E-state index < -0.39 is 0 Å². The summed E-state index contributed by atoms with van der Waals surface area (Å²) in [4.78, 5) is 18.6. The Morgan fingerprint density at radius 3 is 3.12 bits per heavy atom. The summed E-state index contributed by atoms with van der Waals surface area (Å²) in [6.45, 7) is 2.19. The predicted octanol–water partition coefficient (Wildman–Crippen LogP) is 3.28. The molecule has 1 aliphatic rings. The maximum absolute atomic E-state index is 12.5. The van der Waals surface area contributed by atoms with Crippen LogP contribution >= 0.6 is 22.9 Å². The van der Waals surface area contributed by atoms with Crippen LogP contribution in [0.4, 0.5) is 0 Å². The molecule has 0 fully saturated rings. The molecule has 0 radical (unpaired) electrons. The van der Waals surface area contributed by atoms with Crippen LogP contribution in [0.2, 0.25) is 5.02 Å². The smallest absolute Gasteiger partial charge is 0.282 e. The second-order valence-corrected chi connectivity index (χ2v) is 6.68. The third-order valence-corrected chi connectivity index (χ3v) is 5.08. The number of fused-ring (bicyclic) bond motifs is 2. The first-order valence-electron chi connectivity index (χ1n) is 7.29. The fourth-order valence-corrected chi connectivity index (χ4v) is 3.61. The highest BCUT2D eigenvalue weighted by atomic mass is 35.5. The van der Waals surface area contributed by atoms with Crippen molar-refractivity contribution in [3.63, 3.8) is 0 Å². The van der Waals surface area contributed by atoms with Crippen molar-refractivity contribution in [1.82, 2.24) is 9.66 Å². The van der Waals surface area contributed by atoms with Crippen molar-refractivity contribution in [2.45, 2.75) is 13.3 Å². The lowest BCUT2D eigenvalue weighted by molar-refractivity contribution is 0.174. The number of aryl methyl sites for hydroxylation is 1. The lowest BCUT2D eigenvalue weighted by Gasteiger charge is -2.01. The van der Waals surface area contributed by atoms with Crippen molar-refractivity contribution in [2.75, 3.05) is 6.79 Å². The molecule has 1 aromatic carbocycles. The fraction of sp³-hybridized carbons (Fsp3) is 0.188. The zero-order valence-corrected chi connectivity index (χ0v) is 14.2. The van der Waals surface area contributed by atoms with Gasteiger partial charge in [0, 0.05) is 4.88 Å². The van der Waals surface area contributed by atoms with Crippen LogP contribution in [0.5, 0.6) is 11.5 Å². The van der Waals surface area contributed by atoms with Gasteiger partial charge in [-0.3, -0.25) is 4.79 Å². The van der Waals surface area contributed by atoms with E-state index in [0.717, 1.165) is 16.1 Å². The van der Waals surface area contributed by atoms with Crippen LogP contribution in [0, 0.1) is 0 Å². The van der Waals surface area contributed by atoms with E-state index >= 15 is 0 Å². The van der Waals surface area contributed by atoms with Gasteiger partial charge in [0.25, 0.3) is 5.56 Å². The molecule has 0 N–H and O–H groups in total. The van der Waals surface area contributed by atoms with Gasteiger partial charge < -0.3 is 9.47 Å². The molecule has 0 spiro atoms. The molecule has 4 rings (SSSR count). The van der Waals surface area contributed by atoms with E-state index in [1.165, 1.54) is 28.6 Å². The van der Waals surface area contributed by atoms with Gasteiger partial charge in [0.15, 0.2) is 11.5 Å². The highest BCUT2D eigenvalue weighted by molar-refractivity contribution is 7.18. The number of thiophene rings is 1. The molecule has 0 saturated carbocycles. The van der Waals surface area contributed by atoms with E-state index in [1.807, 2.05) is 13.0 Å². The largest absolute Gasteiger partial charge is 0.454 e. The molecule has 0 unspecified atom stereocenters. The number of halogens is 1. The van der Waals surface area contributed by atoms with Gasteiger partial charge in [-0.25, -0.2) is 4.98 Å². The minimum atomic E-state index is -0.195. The second-order valence-electron chi connectivity index (χ2n) is 5.16. The molecule has 3 aromatic rings. The van der Waals surface area contributed by atoms with Crippen molar-refractivity contribution >= 4 is 39.4 Å². The quantitative estimate of drug-likeness (QED) is 0.671. The Morgan fingerprint density at radius 1 is 1.42 bits per heavy atom. The van der Waals surface area contributed by atoms with Crippen LogP contribution in [0.1, 0.15) is 17.4 Å². The summed E-state index contributed by atoms with van der Waals surface area (Å²) >= 11 is 7.66. The average molecular weight is 362 g/mol. The molecule has 0 atom stereocenters.